The van der Waals surface area contributed by atoms with Crippen molar-refractivity contribution < 1.29 is 4.74 Å². The summed E-state index contributed by atoms with van der Waals surface area (Å²) < 4.78 is 5.39. The minimum absolute atomic E-state index is 0.0833. The molecule has 0 aliphatic carbocycles. The van der Waals surface area contributed by atoms with Crippen molar-refractivity contribution in [2.45, 2.75) is 51.0 Å². The molecule has 2 rings (SSSR count). The van der Waals surface area contributed by atoms with Crippen molar-refractivity contribution in [1.82, 2.24) is 5.32 Å². The largest absolute Gasteiger partial charge is 0.384 e. The molecular formula is C17H27NO. The first kappa shape index (κ1) is 14.5. The highest BCUT2D eigenvalue weighted by Gasteiger charge is 2.24. The van der Waals surface area contributed by atoms with Crippen LogP contribution in [-0.2, 0) is 16.6 Å². The molecule has 1 aromatic rings. The van der Waals surface area contributed by atoms with Crippen LogP contribution in [0.1, 0.15) is 44.2 Å². The standard InChI is InChI=1S/C17H27NO/c1-17(2,13-19-3)16-10-5-4-8-14(16)12-15-9-6-7-11-18-15/h4-5,8,10,15,18H,6-7,9,11-13H2,1-3H3. The normalized spacial score (nSPS) is 20.5. The molecule has 1 unspecified atom stereocenters. The van der Waals surface area contributed by atoms with Crippen molar-refractivity contribution in [1.29, 1.82) is 0 Å². The third-order valence-corrected chi connectivity index (χ3v) is 4.13. The average molecular weight is 261 g/mol. The third kappa shape index (κ3) is 3.80. The highest BCUT2D eigenvalue weighted by molar-refractivity contribution is 5.34. The first-order valence-electron chi connectivity index (χ1n) is 7.44. The zero-order valence-corrected chi connectivity index (χ0v) is 12.5. The van der Waals surface area contributed by atoms with Crippen molar-refractivity contribution in [3.63, 3.8) is 0 Å². The molecule has 1 saturated heterocycles. The van der Waals surface area contributed by atoms with Gasteiger partial charge in [-0.3, -0.25) is 0 Å². The number of benzene rings is 1. The highest BCUT2D eigenvalue weighted by Crippen LogP contribution is 2.28. The van der Waals surface area contributed by atoms with Gasteiger partial charge in [-0.25, -0.2) is 0 Å². The van der Waals surface area contributed by atoms with E-state index in [1.165, 1.54) is 36.9 Å². The van der Waals surface area contributed by atoms with Crippen molar-refractivity contribution in [3.05, 3.63) is 35.4 Å². The lowest BCUT2D eigenvalue weighted by molar-refractivity contribution is 0.146. The Morgan fingerprint density at radius 3 is 2.74 bits per heavy atom. The Bertz CT molecular complexity index is 394. The van der Waals surface area contributed by atoms with Crippen LogP contribution in [0.2, 0.25) is 0 Å². The Morgan fingerprint density at radius 1 is 1.26 bits per heavy atom. The first-order valence-corrected chi connectivity index (χ1v) is 7.44. The van der Waals surface area contributed by atoms with Crippen molar-refractivity contribution in [3.8, 4) is 0 Å². The maximum absolute atomic E-state index is 5.39. The molecule has 1 fully saturated rings. The zero-order valence-electron chi connectivity index (χ0n) is 12.5. The number of nitrogens with one attached hydrogen (secondary N) is 1. The van der Waals surface area contributed by atoms with E-state index in [0.29, 0.717) is 6.04 Å². The molecule has 0 amide bonds. The molecule has 1 heterocycles. The van der Waals surface area contributed by atoms with E-state index in [9.17, 15) is 0 Å². The van der Waals surface area contributed by atoms with Crippen LogP contribution in [0.25, 0.3) is 0 Å². The predicted molar refractivity (Wildman–Crippen MR) is 80.7 cm³/mol. The van der Waals surface area contributed by atoms with Crippen LogP contribution in [0.3, 0.4) is 0 Å². The highest BCUT2D eigenvalue weighted by atomic mass is 16.5. The van der Waals surface area contributed by atoms with E-state index in [1.54, 1.807) is 7.11 Å². The fourth-order valence-corrected chi connectivity index (χ4v) is 3.16. The molecule has 0 aromatic heterocycles. The van der Waals surface area contributed by atoms with E-state index < -0.39 is 0 Å². The molecule has 0 radical (unpaired) electrons. The topological polar surface area (TPSA) is 21.3 Å². The average Bonchev–Trinajstić information content (AvgIpc) is 2.40. The maximum Gasteiger partial charge on any atom is 0.0553 e. The van der Waals surface area contributed by atoms with Crippen LogP contribution in [0, 0.1) is 0 Å². The fourth-order valence-electron chi connectivity index (χ4n) is 3.16. The lowest BCUT2D eigenvalue weighted by Crippen LogP contribution is -2.36. The van der Waals surface area contributed by atoms with E-state index in [4.69, 9.17) is 4.74 Å². The van der Waals surface area contributed by atoms with Gasteiger partial charge in [0.2, 0.25) is 0 Å². The summed E-state index contributed by atoms with van der Waals surface area (Å²) >= 11 is 0. The van der Waals surface area contributed by atoms with Gasteiger partial charge in [0.05, 0.1) is 6.61 Å². The second-order valence-electron chi connectivity index (χ2n) is 6.32. The van der Waals surface area contributed by atoms with E-state index >= 15 is 0 Å². The SMILES string of the molecule is COCC(C)(C)c1ccccc1CC1CCCCN1. The van der Waals surface area contributed by atoms with Gasteiger partial charge in [0.25, 0.3) is 0 Å². The Hall–Kier alpha value is -0.860. The molecule has 2 nitrogen and oxygen atoms in total. The van der Waals surface area contributed by atoms with Gasteiger partial charge in [-0.05, 0) is 36.9 Å². The van der Waals surface area contributed by atoms with E-state index in [1.807, 2.05) is 0 Å². The van der Waals surface area contributed by atoms with Crippen LogP contribution in [0.4, 0.5) is 0 Å². The first-order chi connectivity index (χ1) is 9.13. The Labute approximate surface area is 117 Å². The van der Waals surface area contributed by atoms with Crippen LogP contribution < -0.4 is 5.32 Å². The molecule has 1 aliphatic heterocycles. The summed E-state index contributed by atoms with van der Waals surface area (Å²) in [5.41, 5.74) is 2.99. The minimum Gasteiger partial charge on any atom is -0.384 e. The lowest BCUT2D eigenvalue weighted by atomic mass is 9.80. The number of hydrogen-bond donors (Lipinski definition) is 1. The molecule has 0 spiro atoms. The lowest BCUT2D eigenvalue weighted by Gasteiger charge is -2.30. The molecule has 2 heteroatoms. The quantitative estimate of drug-likeness (QED) is 0.878. The van der Waals surface area contributed by atoms with Crippen molar-refractivity contribution in [2.24, 2.45) is 0 Å². The van der Waals surface area contributed by atoms with E-state index in [0.717, 1.165) is 13.0 Å². The van der Waals surface area contributed by atoms with Gasteiger partial charge in [-0.2, -0.15) is 0 Å². The van der Waals surface area contributed by atoms with E-state index in [2.05, 4.69) is 43.4 Å². The van der Waals surface area contributed by atoms with Crippen LogP contribution in [0.5, 0.6) is 0 Å². The number of piperidine rings is 1. The molecule has 106 valence electrons. The van der Waals surface area contributed by atoms with Gasteiger partial charge in [0.1, 0.15) is 0 Å². The summed E-state index contributed by atoms with van der Waals surface area (Å²) in [6.07, 6.45) is 5.14. The van der Waals surface area contributed by atoms with Gasteiger partial charge < -0.3 is 10.1 Å². The summed E-state index contributed by atoms with van der Waals surface area (Å²) in [6.45, 7) is 6.48. The molecule has 0 bridgehead atoms. The van der Waals surface area contributed by atoms with Gasteiger partial charge in [0.15, 0.2) is 0 Å². The number of hydrogen-bond acceptors (Lipinski definition) is 2. The summed E-state index contributed by atoms with van der Waals surface area (Å²) in [4.78, 5) is 0. The smallest absolute Gasteiger partial charge is 0.0553 e. The Kier molecular flexibility index (Phi) is 5.00. The zero-order chi connectivity index (χ0) is 13.7. The van der Waals surface area contributed by atoms with Gasteiger partial charge in [-0.1, -0.05) is 44.5 Å². The van der Waals surface area contributed by atoms with E-state index in [-0.39, 0.29) is 5.41 Å². The molecule has 0 saturated carbocycles. The van der Waals surface area contributed by atoms with Crippen molar-refractivity contribution in [2.75, 3.05) is 20.3 Å². The predicted octanol–water partition coefficient (Wildman–Crippen LogP) is 3.30. The summed E-state index contributed by atoms with van der Waals surface area (Å²) in [5.74, 6) is 0. The number of methoxy groups -OCH3 is 1. The second kappa shape index (κ2) is 6.53. The van der Waals surface area contributed by atoms with Gasteiger partial charge in [-0.15, -0.1) is 0 Å². The molecule has 19 heavy (non-hydrogen) atoms. The Morgan fingerprint density at radius 2 is 2.05 bits per heavy atom. The fraction of sp³-hybridized carbons (Fsp3) is 0.647. The molecule has 1 aliphatic rings. The van der Waals surface area contributed by atoms with Crippen molar-refractivity contribution >= 4 is 0 Å². The monoisotopic (exact) mass is 261 g/mol. The summed E-state index contributed by atoms with van der Waals surface area (Å²) in [7, 11) is 1.78. The summed E-state index contributed by atoms with van der Waals surface area (Å²) in [5, 5.41) is 3.65. The third-order valence-electron chi connectivity index (χ3n) is 4.13. The van der Waals surface area contributed by atoms with Gasteiger partial charge >= 0.3 is 0 Å². The number of rotatable bonds is 5. The molecule has 1 N–H and O–H groups in total. The molecule has 1 atom stereocenters. The van der Waals surface area contributed by atoms with Crippen LogP contribution in [0.15, 0.2) is 24.3 Å². The number of ether oxygens (including phenoxy) is 1. The summed E-state index contributed by atoms with van der Waals surface area (Å²) in [6, 6.07) is 9.49. The molecular weight excluding hydrogens is 234 g/mol. The maximum atomic E-state index is 5.39. The second-order valence-corrected chi connectivity index (χ2v) is 6.32. The molecule has 1 aromatic carbocycles. The van der Waals surface area contributed by atoms with Crippen LogP contribution >= 0.6 is 0 Å². The Balaban J connectivity index is 2.15. The minimum atomic E-state index is 0.0833. The van der Waals surface area contributed by atoms with Crippen LogP contribution in [-0.4, -0.2) is 26.3 Å². The van der Waals surface area contributed by atoms with Gasteiger partial charge in [0, 0.05) is 18.6 Å².